The van der Waals surface area contributed by atoms with Crippen LogP contribution in [0.4, 0.5) is 18.9 Å². The van der Waals surface area contributed by atoms with Crippen molar-refractivity contribution < 1.29 is 42.3 Å². The van der Waals surface area contributed by atoms with Crippen LogP contribution in [0.25, 0.3) is 0 Å². The Kier molecular flexibility index (Phi) is 10.3. The molecule has 5 N–H and O–H groups in total. The van der Waals surface area contributed by atoms with E-state index < -0.39 is 71.0 Å². The highest BCUT2D eigenvalue weighted by Gasteiger charge is 2.35. The highest BCUT2D eigenvalue weighted by Crippen LogP contribution is 2.34. The minimum atomic E-state index is -4.77. The first-order valence-corrected chi connectivity index (χ1v) is 12.1. The number of carbonyl (C=O) groups excluding carboxylic acids is 4. The first-order chi connectivity index (χ1) is 17.6. The molecule has 0 aliphatic carbocycles. The third-order valence-corrected chi connectivity index (χ3v) is 5.86. The van der Waals surface area contributed by atoms with Gasteiger partial charge in [-0.05, 0) is 43.2 Å². The van der Waals surface area contributed by atoms with Gasteiger partial charge in [-0.1, -0.05) is 32.9 Å². The number of aliphatic carboxylic acids is 1. The maximum Gasteiger partial charge on any atom is 0.418 e. The van der Waals surface area contributed by atoms with Gasteiger partial charge in [-0.25, -0.2) is 0 Å². The van der Waals surface area contributed by atoms with Crippen molar-refractivity contribution in [1.29, 1.82) is 0 Å². The zero-order valence-corrected chi connectivity index (χ0v) is 21.4. The lowest BCUT2D eigenvalue weighted by molar-refractivity contribution is -0.139. The van der Waals surface area contributed by atoms with Crippen LogP contribution in [0.1, 0.15) is 58.4 Å². The van der Waals surface area contributed by atoms with E-state index in [1.54, 1.807) is 20.8 Å². The van der Waals surface area contributed by atoms with E-state index >= 15 is 0 Å². The molecule has 4 amide bonds. The fourth-order valence-corrected chi connectivity index (χ4v) is 4.17. The average molecular weight is 543 g/mol. The Hall–Kier alpha value is -3.64. The molecular formula is C25H33F3N4O6. The van der Waals surface area contributed by atoms with E-state index in [4.69, 9.17) is 0 Å². The second-order valence-electron chi connectivity index (χ2n) is 10.5. The van der Waals surface area contributed by atoms with Gasteiger partial charge in [-0.2, -0.15) is 13.2 Å². The average Bonchev–Trinajstić information content (AvgIpc) is 2.78. The second-order valence-corrected chi connectivity index (χ2v) is 10.5. The fraction of sp³-hybridized carbons (Fsp3) is 0.560. The summed E-state index contributed by atoms with van der Waals surface area (Å²) < 4.78 is 39.7. The lowest BCUT2D eigenvalue weighted by Gasteiger charge is -2.29. The predicted octanol–water partition coefficient (Wildman–Crippen LogP) is 2.44. The number of piperidine rings is 1. The number of carbonyl (C=O) groups is 5. The van der Waals surface area contributed by atoms with Crippen LogP contribution in [0, 0.1) is 11.3 Å². The van der Waals surface area contributed by atoms with Gasteiger partial charge in [0.05, 0.1) is 17.7 Å². The number of halogens is 3. The van der Waals surface area contributed by atoms with Crippen molar-refractivity contribution >= 4 is 35.3 Å². The largest absolute Gasteiger partial charge is 0.481 e. The maximum atomic E-state index is 13.2. The summed E-state index contributed by atoms with van der Waals surface area (Å²) in [6.45, 7) is 5.81. The van der Waals surface area contributed by atoms with Crippen LogP contribution in [0.15, 0.2) is 24.3 Å². The summed E-state index contributed by atoms with van der Waals surface area (Å²) >= 11 is 0. The molecule has 1 fully saturated rings. The molecule has 13 heteroatoms. The second kappa shape index (κ2) is 12.7. The van der Waals surface area contributed by atoms with Crippen molar-refractivity contribution in [3.63, 3.8) is 0 Å². The van der Waals surface area contributed by atoms with E-state index in [0.29, 0.717) is 19.4 Å². The van der Waals surface area contributed by atoms with Crippen LogP contribution in [0.2, 0.25) is 0 Å². The standard InChI is InChI=1S/C25H33F3N4O6/c1-24(2,3)13-18(21(36)30-15(12-19(33)34)11-14-7-6-10-29-20(14)35)32-23(38)22(37)31-17-9-5-4-8-16(17)25(26,27)28/h4-5,8-9,14-15,18H,6-7,10-13H2,1-3H3,(H,29,35)(H,30,36)(H,31,37)(H,32,38)(H,33,34)/t14-,15+,18-/m0/s1. The summed E-state index contributed by atoms with van der Waals surface area (Å²) in [5.74, 6) is -5.47. The molecule has 1 heterocycles. The van der Waals surface area contributed by atoms with Crippen LogP contribution in [-0.4, -0.2) is 53.3 Å². The molecule has 0 unspecified atom stereocenters. The van der Waals surface area contributed by atoms with Crippen molar-refractivity contribution in [3.05, 3.63) is 29.8 Å². The summed E-state index contributed by atoms with van der Waals surface area (Å²) in [6, 6.07) is 1.90. The summed E-state index contributed by atoms with van der Waals surface area (Å²) in [5, 5.41) is 18.7. The Morgan fingerprint density at radius 1 is 1.08 bits per heavy atom. The first-order valence-electron chi connectivity index (χ1n) is 12.1. The Bertz CT molecular complexity index is 1050. The molecule has 38 heavy (non-hydrogen) atoms. The number of anilines is 1. The fourth-order valence-electron chi connectivity index (χ4n) is 4.17. The van der Waals surface area contributed by atoms with Crippen molar-refractivity contribution in [2.45, 2.75) is 71.1 Å². The lowest BCUT2D eigenvalue weighted by Crippen LogP contribution is -2.54. The normalized spacial score (nSPS) is 17.5. The van der Waals surface area contributed by atoms with Gasteiger partial charge in [0.2, 0.25) is 11.8 Å². The molecule has 10 nitrogen and oxygen atoms in total. The van der Waals surface area contributed by atoms with Gasteiger partial charge >= 0.3 is 24.0 Å². The van der Waals surface area contributed by atoms with Crippen LogP contribution in [0.5, 0.6) is 0 Å². The molecule has 0 radical (unpaired) electrons. The number of alkyl halides is 3. The number of hydrogen-bond acceptors (Lipinski definition) is 5. The molecule has 2 rings (SSSR count). The SMILES string of the molecule is CC(C)(C)C[C@H](NC(=O)C(=O)Nc1ccccc1C(F)(F)F)C(=O)N[C@@H](CC(=O)O)C[C@@H]1CCCNC1=O. The lowest BCUT2D eigenvalue weighted by atomic mass is 9.87. The van der Waals surface area contributed by atoms with Gasteiger partial charge in [0.25, 0.3) is 0 Å². The maximum absolute atomic E-state index is 13.2. The van der Waals surface area contributed by atoms with Gasteiger partial charge < -0.3 is 26.4 Å². The molecule has 0 aromatic heterocycles. The van der Waals surface area contributed by atoms with E-state index in [-0.39, 0.29) is 18.7 Å². The minimum absolute atomic E-state index is 0.0285. The predicted molar refractivity (Wildman–Crippen MR) is 131 cm³/mol. The number of carboxylic acid groups (broad SMARTS) is 1. The number of para-hydroxylation sites is 1. The van der Waals surface area contributed by atoms with E-state index in [1.807, 2.05) is 5.32 Å². The highest BCUT2D eigenvalue weighted by molar-refractivity contribution is 6.40. The van der Waals surface area contributed by atoms with Gasteiger partial charge in [0, 0.05) is 18.5 Å². The molecule has 0 bridgehead atoms. The molecule has 210 valence electrons. The van der Waals surface area contributed by atoms with Crippen molar-refractivity contribution in [3.8, 4) is 0 Å². The van der Waals surface area contributed by atoms with Crippen LogP contribution in [-0.2, 0) is 30.1 Å². The third kappa shape index (κ3) is 9.67. The van der Waals surface area contributed by atoms with Gasteiger partial charge in [0.15, 0.2) is 0 Å². The van der Waals surface area contributed by atoms with Crippen LogP contribution >= 0.6 is 0 Å². The Morgan fingerprint density at radius 3 is 2.32 bits per heavy atom. The van der Waals surface area contributed by atoms with E-state index in [1.165, 1.54) is 6.07 Å². The smallest absolute Gasteiger partial charge is 0.418 e. The summed E-state index contributed by atoms with van der Waals surface area (Å²) in [4.78, 5) is 61.7. The molecule has 1 aromatic carbocycles. The first kappa shape index (κ1) is 30.6. The zero-order chi connectivity index (χ0) is 28.7. The summed E-state index contributed by atoms with van der Waals surface area (Å²) in [5.41, 5.74) is -2.31. The third-order valence-electron chi connectivity index (χ3n) is 5.86. The summed E-state index contributed by atoms with van der Waals surface area (Å²) in [7, 11) is 0. The monoisotopic (exact) mass is 542 g/mol. The Balaban J connectivity index is 2.16. The van der Waals surface area contributed by atoms with Crippen molar-refractivity contribution in [1.82, 2.24) is 16.0 Å². The number of benzene rings is 1. The topological polar surface area (TPSA) is 154 Å². The number of rotatable bonds is 9. The van der Waals surface area contributed by atoms with E-state index in [2.05, 4.69) is 16.0 Å². The van der Waals surface area contributed by atoms with Crippen molar-refractivity contribution in [2.75, 3.05) is 11.9 Å². The Morgan fingerprint density at radius 2 is 1.74 bits per heavy atom. The number of nitrogens with one attached hydrogen (secondary N) is 4. The highest BCUT2D eigenvalue weighted by atomic mass is 19.4. The molecular weight excluding hydrogens is 509 g/mol. The number of carboxylic acids is 1. The molecule has 1 saturated heterocycles. The summed E-state index contributed by atoms with van der Waals surface area (Å²) in [6.07, 6.45) is -3.92. The molecule has 1 aliphatic heterocycles. The van der Waals surface area contributed by atoms with Crippen LogP contribution in [0.3, 0.4) is 0 Å². The Labute approximate surface area is 218 Å². The van der Waals surface area contributed by atoms with Gasteiger partial charge in [-0.3, -0.25) is 24.0 Å². The van der Waals surface area contributed by atoms with Gasteiger partial charge in [0.1, 0.15) is 6.04 Å². The number of hydrogen-bond donors (Lipinski definition) is 5. The van der Waals surface area contributed by atoms with Gasteiger partial charge in [-0.15, -0.1) is 0 Å². The molecule has 0 saturated carbocycles. The molecule has 0 spiro atoms. The molecule has 1 aromatic rings. The quantitative estimate of drug-likeness (QED) is 0.302. The van der Waals surface area contributed by atoms with Crippen LogP contribution < -0.4 is 21.3 Å². The van der Waals surface area contributed by atoms with E-state index in [9.17, 15) is 42.3 Å². The van der Waals surface area contributed by atoms with E-state index in [0.717, 1.165) is 18.2 Å². The molecule has 1 aliphatic rings. The number of amides is 4. The van der Waals surface area contributed by atoms with Crippen molar-refractivity contribution in [2.24, 2.45) is 11.3 Å². The zero-order valence-electron chi connectivity index (χ0n) is 21.4. The molecule has 3 atom stereocenters. The minimum Gasteiger partial charge on any atom is -0.481 e.